The molecule has 1 aromatic heterocycles. The molecule has 0 aliphatic carbocycles. The molecule has 0 bridgehead atoms. The number of ether oxygens (including phenoxy) is 1. The van der Waals surface area contributed by atoms with Gasteiger partial charge in [0.1, 0.15) is 34.8 Å². The van der Waals surface area contributed by atoms with Gasteiger partial charge in [0.05, 0.1) is 6.61 Å². The minimum absolute atomic E-state index is 0.00722. The van der Waals surface area contributed by atoms with Crippen molar-refractivity contribution in [2.45, 2.75) is 6.92 Å². The summed E-state index contributed by atoms with van der Waals surface area (Å²) >= 11 is 0. The summed E-state index contributed by atoms with van der Waals surface area (Å²) in [6.07, 6.45) is 0. The van der Waals surface area contributed by atoms with Crippen LogP contribution in [0.1, 0.15) is 18.1 Å². The quantitative estimate of drug-likeness (QED) is 0.549. The third-order valence-electron chi connectivity index (χ3n) is 3.34. The minimum atomic E-state index is -1.77. The molecule has 0 amide bonds. The molecule has 2 aromatic rings. The fraction of sp³-hybridized carbons (Fsp3) is 0.133. The zero-order valence-electron chi connectivity index (χ0n) is 12.7. The SMILES string of the molecule is CCOc1ccc(B(O)O)cc1-c1c(C#N)c(N)[nH]c(=O)c1C#N. The van der Waals surface area contributed by atoms with Gasteiger partial charge in [-0.1, -0.05) is 12.1 Å². The summed E-state index contributed by atoms with van der Waals surface area (Å²) in [5, 5.41) is 37.4. The number of nitrogen functional groups attached to an aromatic ring is 1. The molecular weight excluding hydrogens is 311 g/mol. The number of hydrogen-bond donors (Lipinski definition) is 4. The van der Waals surface area contributed by atoms with E-state index in [4.69, 9.17) is 10.5 Å². The van der Waals surface area contributed by atoms with Gasteiger partial charge in [0, 0.05) is 11.1 Å². The van der Waals surface area contributed by atoms with Gasteiger partial charge in [-0.15, -0.1) is 0 Å². The monoisotopic (exact) mass is 324 g/mol. The number of nitrogens with zero attached hydrogens (tertiary/aromatic N) is 2. The van der Waals surface area contributed by atoms with Crippen LogP contribution >= 0.6 is 0 Å². The number of hydrogen-bond acceptors (Lipinski definition) is 7. The van der Waals surface area contributed by atoms with E-state index in [9.17, 15) is 25.4 Å². The van der Waals surface area contributed by atoms with Crippen LogP contribution in [-0.2, 0) is 0 Å². The number of rotatable bonds is 4. The van der Waals surface area contributed by atoms with Gasteiger partial charge in [-0.2, -0.15) is 10.5 Å². The Hall–Kier alpha value is -3.27. The molecule has 0 fully saturated rings. The lowest BCUT2D eigenvalue weighted by atomic mass is 9.78. The van der Waals surface area contributed by atoms with Crippen molar-refractivity contribution in [1.82, 2.24) is 4.98 Å². The fourth-order valence-corrected chi connectivity index (χ4v) is 2.30. The van der Waals surface area contributed by atoms with E-state index in [2.05, 4.69) is 4.98 Å². The molecule has 0 saturated heterocycles. The van der Waals surface area contributed by atoms with Crippen molar-refractivity contribution in [3.05, 3.63) is 39.7 Å². The first-order chi connectivity index (χ1) is 11.4. The summed E-state index contributed by atoms with van der Waals surface area (Å²) < 4.78 is 5.47. The molecule has 2 rings (SSSR count). The number of nitrogens with one attached hydrogen (secondary N) is 1. The Morgan fingerprint density at radius 2 is 1.96 bits per heavy atom. The van der Waals surface area contributed by atoms with Crippen molar-refractivity contribution < 1.29 is 14.8 Å². The number of aromatic nitrogens is 1. The van der Waals surface area contributed by atoms with Gasteiger partial charge in [-0.25, -0.2) is 0 Å². The van der Waals surface area contributed by atoms with Gasteiger partial charge in [0.25, 0.3) is 5.56 Å². The van der Waals surface area contributed by atoms with Crippen LogP contribution in [0.25, 0.3) is 11.1 Å². The van der Waals surface area contributed by atoms with E-state index in [1.54, 1.807) is 13.0 Å². The highest BCUT2D eigenvalue weighted by Crippen LogP contribution is 2.34. The zero-order chi connectivity index (χ0) is 17.9. The summed E-state index contributed by atoms with van der Waals surface area (Å²) in [6.45, 7) is 2.03. The van der Waals surface area contributed by atoms with Crippen molar-refractivity contribution in [3.8, 4) is 29.0 Å². The predicted molar refractivity (Wildman–Crippen MR) is 87.3 cm³/mol. The summed E-state index contributed by atoms with van der Waals surface area (Å²) in [5.74, 6) is 0.0915. The standard InChI is InChI=1S/C15H13BN4O4/c1-2-24-12-4-3-8(16(22)23)5-9(12)13-10(6-17)14(19)20-15(21)11(13)7-18/h3-5,22-23H,2H2,1H3,(H3,19,20,21). The van der Waals surface area contributed by atoms with Gasteiger partial charge < -0.3 is 25.5 Å². The molecule has 5 N–H and O–H groups in total. The molecule has 0 radical (unpaired) electrons. The van der Waals surface area contributed by atoms with E-state index in [0.29, 0.717) is 0 Å². The number of benzene rings is 1. The summed E-state index contributed by atoms with van der Waals surface area (Å²) in [5.41, 5.74) is 4.83. The second kappa shape index (κ2) is 6.88. The summed E-state index contributed by atoms with van der Waals surface area (Å²) in [7, 11) is -1.77. The van der Waals surface area contributed by atoms with Crippen LogP contribution < -0.4 is 21.5 Å². The first kappa shape index (κ1) is 17.1. The van der Waals surface area contributed by atoms with E-state index >= 15 is 0 Å². The largest absolute Gasteiger partial charge is 0.493 e. The Labute approximate surface area is 137 Å². The van der Waals surface area contributed by atoms with Crippen molar-refractivity contribution >= 4 is 18.4 Å². The second-order valence-electron chi connectivity index (χ2n) is 4.78. The van der Waals surface area contributed by atoms with Crippen LogP contribution in [-0.4, -0.2) is 28.8 Å². The van der Waals surface area contributed by atoms with Crippen LogP contribution in [0.5, 0.6) is 5.75 Å². The highest BCUT2D eigenvalue weighted by molar-refractivity contribution is 6.58. The minimum Gasteiger partial charge on any atom is -0.493 e. The van der Waals surface area contributed by atoms with E-state index < -0.39 is 12.7 Å². The average molecular weight is 324 g/mol. The van der Waals surface area contributed by atoms with E-state index in [-0.39, 0.29) is 45.9 Å². The third-order valence-corrected chi connectivity index (χ3v) is 3.34. The summed E-state index contributed by atoms with van der Waals surface area (Å²) in [6, 6.07) is 7.84. The molecule has 8 nitrogen and oxygen atoms in total. The van der Waals surface area contributed by atoms with E-state index in [1.165, 1.54) is 18.2 Å². The highest BCUT2D eigenvalue weighted by Gasteiger charge is 2.23. The number of nitriles is 2. The van der Waals surface area contributed by atoms with Crippen LogP contribution in [0.2, 0.25) is 0 Å². The molecule has 120 valence electrons. The number of pyridine rings is 1. The van der Waals surface area contributed by atoms with Gasteiger partial charge in [-0.3, -0.25) is 4.79 Å². The summed E-state index contributed by atoms with van der Waals surface area (Å²) in [4.78, 5) is 14.3. The lowest BCUT2D eigenvalue weighted by Gasteiger charge is -2.15. The molecule has 0 aliphatic rings. The third kappa shape index (κ3) is 2.94. The Bertz CT molecular complexity index is 925. The molecule has 0 spiro atoms. The van der Waals surface area contributed by atoms with Gasteiger partial charge >= 0.3 is 7.12 Å². The number of aromatic amines is 1. The lowest BCUT2D eigenvalue weighted by Crippen LogP contribution is -2.30. The Kier molecular flexibility index (Phi) is 4.90. The Morgan fingerprint density at radius 3 is 2.50 bits per heavy atom. The molecule has 1 aromatic carbocycles. The maximum absolute atomic E-state index is 12.0. The van der Waals surface area contributed by atoms with Gasteiger partial charge in [-0.05, 0) is 18.5 Å². The Morgan fingerprint density at radius 1 is 1.29 bits per heavy atom. The molecule has 24 heavy (non-hydrogen) atoms. The predicted octanol–water partition coefficient (Wildman–Crippen LogP) is -0.554. The normalized spacial score (nSPS) is 9.88. The molecular formula is C15H13BN4O4. The highest BCUT2D eigenvalue weighted by atomic mass is 16.5. The van der Waals surface area contributed by atoms with Crippen LogP contribution in [0.15, 0.2) is 23.0 Å². The molecule has 1 heterocycles. The topological polar surface area (TPSA) is 156 Å². The van der Waals surface area contributed by atoms with Crippen LogP contribution in [0, 0.1) is 22.7 Å². The van der Waals surface area contributed by atoms with Crippen LogP contribution in [0.3, 0.4) is 0 Å². The molecule has 0 atom stereocenters. The number of H-pyrrole nitrogens is 1. The first-order valence-electron chi connectivity index (χ1n) is 6.93. The van der Waals surface area contributed by atoms with E-state index in [0.717, 1.165) is 0 Å². The van der Waals surface area contributed by atoms with Crippen molar-refractivity contribution in [2.75, 3.05) is 12.3 Å². The number of anilines is 1. The molecule has 9 heteroatoms. The number of nitrogens with two attached hydrogens (primary N) is 1. The van der Waals surface area contributed by atoms with Crippen molar-refractivity contribution in [3.63, 3.8) is 0 Å². The fourth-order valence-electron chi connectivity index (χ4n) is 2.30. The first-order valence-corrected chi connectivity index (χ1v) is 6.93. The van der Waals surface area contributed by atoms with Crippen molar-refractivity contribution in [2.24, 2.45) is 0 Å². The van der Waals surface area contributed by atoms with Crippen LogP contribution in [0.4, 0.5) is 5.82 Å². The van der Waals surface area contributed by atoms with Gasteiger partial charge in [0.2, 0.25) is 0 Å². The Balaban J connectivity index is 2.95. The smallest absolute Gasteiger partial charge is 0.488 e. The van der Waals surface area contributed by atoms with E-state index in [1.807, 2.05) is 6.07 Å². The lowest BCUT2D eigenvalue weighted by molar-refractivity contribution is 0.341. The maximum atomic E-state index is 12.0. The zero-order valence-corrected chi connectivity index (χ0v) is 12.7. The second-order valence-corrected chi connectivity index (χ2v) is 4.78. The average Bonchev–Trinajstić information content (AvgIpc) is 2.54. The maximum Gasteiger partial charge on any atom is 0.488 e. The van der Waals surface area contributed by atoms with Crippen molar-refractivity contribution in [1.29, 1.82) is 10.5 Å². The molecule has 0 aliphatic heterocycles. The van der Waals surface area contributed by atoms with Gasteiger partial charge in [0.15, 0.2) is 0 Å². The molecule has 0 saturated carbocycles. The molecule has 0 unspecified atom stereocenters.